The van der Waals surface area contributed by atoms with E-state index >= 15 is 0 Å². The first-order valence-corrected chi connectivity index (χ1v) is 7.21. The second-order valence-electron chi connectivity index (χ2n) is 4.70. The second-order valence-corrected chi connectivity index (χ2v) is 7.30. The van der Waals surface area contributed by atoms with E-state index in [0.717, 1.165) is 5.56 Å². The third-order valence-corrected chi connectivity index (χ3v) is 4.83. The van der Waals surface area contributed by atoms with E-state index in [9.17, 15) is 4.79 Å². The van der Waals surface area contributed by atoms with Gasteiger partial charge in [0, 0.05) is 10.0 Å². The molecule has 1 aromatic carbocycles. The average Bonchev–Trinajstić information content (AvgIpc) is 2.53. The highest BCUT2D eigenvalue weighted by Crippen LogP contribution is 2.47. The van der Waals surface area contributed by atoms with Crippen molar-refractivity contribution >= 4 is 41.1 Å². The number of ether oxygens (including phenoxy) is 1. The van der Waals surface area contributed by atoms with E-state index < -0.39 is 12.4 Å². The lowest BCUT2D eigenvalue weighted by Gasteiger charge is -2.23. The van der Waals surface area contributed by atoms with Crippen LogP contribution in [-0.2, 0) is 4.74 Å². The molecule has 104 valence electrons. The molecule has 2 rings (SSSR count). The number of thioether (sulfide) groups is 1. The predicted octanol–water partition coefficient (Wildman–Crippen LogP) is 4.13. The summed E-state index contributed by atoms with van der Waals surface area (Å²) in [4.78, 5) is 10.7. The zero-order chi connectivity index (χ0) is 14.2. The lowest BCUT2D eigenvalue weighted by atomic mass is 10.1. The molecule has 0 radical (unpaired) electrons. The number of hydrogen-bond donors (Lipinski definition) is 2. The van der Waals surface area contributed by atoms with Crippen molar-refractivity contribution in [3.63, 3.8) is 0 Å². The molecule has 1 aliphatic heterocycles. The number of carbonyl (C=O) groups is 1. The topological polar surface area (TPSA) is 58.6 Å². The molecule has 0 saturated carbocycles. The summed E-state index contributed by atoms with van der Waals surface area (Å²) < 4.78 is 4.47. The Morgan fingerprint density at radius 1 is 1.47 bits per heavy atom. The first-order valence-electron chi connectivity index (χ1n) is 5.58. The summed E-state index contributed by atoms with van der Waals surface area (Å²) >= 11 is 13.6. The van der Waals surface area contributed by atoms with Crippen molar-refractivity contribution in [3.05, 3.63) is 33.8 Å². The van der Waals surface area contributed by atoms with Crippen molar-refractivity contribution < 1.29 is 14.6 Å². The zero-order valence-electron chi connectivity index (χ0n) is 10.3. The largest absolute Gasteiger partial charge is 0.507 e. The third-order valence-electron chi connectivity index (χ3n) is 2.82. The molecule has 1 aliphatic rings. The van der Waals surface area contributed by atoms with Crippen LogP contribution >= 0.6 is 35.0 Å². The van der Waals surface area contributed by atoms with Crippen LogP contribution in [0.3, 0.4) is 0 Å². The van der Waals surface area contributed by atoms with E-state index in [1.165, 1.54) is 0 Å². The Kier molecular flexibility index (Phi) is 4.20. The molecule has 2 N–H and O–H groups in total. The second kappa shape index (κ2) is 5.40. The van der Waals surface area contributed by atoms with Crippen LogP contribution in [0, 0.1) is 0 Å². The summed E-state index contributed by atoms with van der Waals surface area (Å²) in [6.45, 7) is 3.84. The zero-order valence-corrected chi connectivity index (χ0v) is 12.6. The van der Waals surface area contributed by atoms with Gasteiger partial charge in [-0.15, -0.1) is 11.8 Å². The van der Waals surface area contributed by atoms with Crippen LogP contribution in [0.25, 0.3) is 0 Å². The van der Waals surface area contributed by atoms with Crippen molar-refractivity contribution in [1.29, 1.82) is 0 Å². The van der Waals surface area contributed by atoms with Crippen LogP contribution in [-0.4, -0.2) is 22.2 Å². The molecule has 1 saturated heterocycles. The van der Waals surface area contributed by atoms with Crippen molar-refractivity contribution in [2.45, 2.75) is 30.2 Å². The van der Waals surface area contributed by atoms with Crippen LogP contribution in [0.1, 0.15) is 24.8 Å². The molecular weight excluding hydrogens is 309 g/mol. The van der Waals surface area contributed by atoms with E-state index in [1.54, 1.807) is 23.9 Å². The predicted molar refractivity (Wildman–Crippen MR) is 76.9 cm³/mol. The lowest BCUT2D eigenvalue weighted by molar-refractivity contribution is 0.0274. The Morgan fingerprint density at radius 2 is 2.16 bits per heavy atom. The van der Waals surface area contributed by atoms with E-state index in [2.05, 4.69) is 5.32 Å². The molecule has 1 aromatic rings. The Balaban J connectivity index is 2.22. The number of carboxylic acid groups (broad SMARTS) is 1. The fourth-order valence-electron chi connectivity index (χ4n) is 1.88. The molecule has 19 heavy (non-hydrogen) atoms. The molecule has 0 aliphatic carbocycles. The molecule has 0 aromatic heterocycles. The molecule has 0 spiro atoms. The maximum absolute atomic E-state index is 10.7. The van der Waals surface area contributed by atoms with Gasteiger partial charge in [0.05, 0.1) is 10.1 Å². The van der Waals surface area contributed by atoms with Crippen LogP contribution in [0.2, 0.25) is 10.0 Å². The van der Waals surface area contributed by atoms with Gasteiger partial charge in [-0.3, -0.25) is 5.32 Å². The molecule has 1 heterocycles. The normalized spacial score (nSPS) is 25.3. The SMILES string of the molecule is CC1(C)SC(c2ccc(Cl)cc2Cl)N[C@H]1OC(=O)O. The first kappa shape index (κ1) is 14.8. The highest BCUT2D eigenvalue weighted by molar-refractivity contribution is 8.01. The molecule has 1 unspecified atom stereocenters. The number of hydrogen-bond acceptors (Lipinski definition) is 4. The van der Waals surface area contributed by atoms with E-state index in [-0.39, 0.29) is 10.1 Å². The molecule has 2 atom stereocenters. The van der Waals surface area contributed by atoms with Crippen molar-refractivity contribution in [2.75, 3.05) is 0 Å². The molecule has 4 nitrogen and oxygen atoms in total. The van der Waals surface area contributed by atoms with Gasteiger partial charge in [0.1, 0.15) is 0 Å². The summed E-state index contributed by atoms with van der Waals surface area (Å²) in [6, 6.07) is 5.25. The van der Waals surface area contributed by atoms with Crippen molar-refractivity contribution in [1.82, 2.24) is 5.32 Å². The summed E-state index contributed by atoms with van der Waals surface area (Å²) in [7, 11) is 0. The Bertz CT molecular complexity index is 510. The molecular formula is C12H13Cl2NO3S. The molecule has 0 bridgehead atoms. The van der Waals surface area contributed by atoms with Crippen LogP contribution in [0.4, 0.5) is 4.79 Å². The van der Waals surface area contributed by atoms with Crippen LogP contribution in [0.5, 0.6) is 0 Å². The summed E-state index contributed by atoms with van der Waals surface area (Å²) in [5.74, 6) is 0. The van der Waals surface area contributed by atoms with Gasteiger partial charge in [0.15, 0.2) is 6.23 Å². The number of nitrogens with one attached hydrogen (secondary N) is 1. The van der Waals surface area contributed by atoms with E-state index in [0.29, 0.717) is 10.0 Å². The summed E-state index contributed by atoms with van der Waals surface area (Å²) in [5.41, 5.74) is 0.862. The van der Waals surface area contributed by atoms with Gasteiger partial charge in [0.25, 0.3) is 0 Å². The minimum atomic E-state index is -1.30. The number of halogens is 2. The minimum Gasteiger partial charge on any atom is -0.450 e. The minimum absolute atomic E-state index is 0.135. The number of rotatable bonds is 2. The molecule has 7 heteroatoms. The Morgan fingerprint density at radius 3 is 2.74 bits per heavy atom. The van der Waals surface area contributed by atoms with Crippen LogP contribution in [0.15, 0.2) is 18.2 Å². The fraction of sp³-hybridized carbons (Fsp3) is 0.417. The maximum Gasteiger partial charge on any atom is 0.507 e. The standard InChI is InChI=1S/C12H13Cl2NO3S/c1-12(2)10(18-11(16)17)15-9(19-12)7-4-3-6(13)5-8(7)14/h3-5,9-10,15H,1-2H3,(H,16,17)/t9?,10-/m0/s1. The van der Waals surface area contributed by atoms with E-state index in [1.807, 2.05) is 19.9 Å². The van der Waals surface area contributed by atoms with Gasteiger partial charge < -0.3 is 9.84 Å². The summed E-state index contributed by atoms with van der Waals surface area (Å²) in [6.07, 6.45) is -1.89. The molecule has 0 amide bonds. The average molecular weight is 322 g/mol. The maximum atomic E-state index is 10.7. The smallest absolute Gasteiger partial charge is 0.450 e. The lowest BCUT2D eigenvalue weighted by Crippen LogP contribution is -2.40. The van der Waals surface area contributed by atoms with Crippen LogP contribution < -0.4 is 5.32 Å². The van der Waals surface area contributed by atoms with Crippen molar-refractivity contribution in [3.8, 4) is 0 Å². The Labute approximate surface area is 125 Å². The highest BCUT2D eigenvalue weighted by atomic mass is 35.5. The highest BCUT2D eigenvalue weighted by Gasteiger charge is 2.44. The van der Waals surface area contributed by atoms with Gasteiger partial charge >= 0.3 is 6.16 Å². The third kappa shape index (κ3) is 3.28. The monoisotopic (exact) mass is 321 g/mol. The van der Waals surface area contributed by atoms with Crippen molar-refractivity contribution in [2.24, 2.45) is 0 Å². The van der Waals surface area contributed by atoms with Gasteiger partial charge in [-0.1, -0.05) is 29.3 Å². The van der Waals surface area contributed by atoms with Gasteiger partial charge in [0.2, 0.25) is 0 Å². The fourth-order valence-corrected chi connectivity index (χ4v) is 3.84. The van der Waals surface area contributed by atoms with Gasteiger partial charge in [-0.2, -0.15) is 0 Å². The van der Waals surface area contributed by atoms with Gasteiger partial charge in [-0.05, 0) is 31.5 Å². The summed E-state index contributed by atoms with van der Waals surface area (Å²) in [5, 5.41) is 12.8. The first-order chi connectivity index (χ1) is 8.79. The number of benzene rings is 1. The van der Waals surface area contributed by atoms with Gasteiger partial charge in [-0.25, -0.2) is 4.79 Å². The quantitative estimate of drug-likeness (QED) is 0.802. The molecule has 1 fully saturated rings. The Hall–Kier alpha value is -0.620. The van der Waals surface area contributed by atoms with E-state index in [4.69, 9.17) is 33.0 Å².